The minimum Gasteiger partial charge on any atom is -0.490 e. The van der Waals surface area contributed by atoms with Gasteiger partial charge in [0, 0.05) is 5.02 Å². The first-order valence-electron chi connectivity index (χ1n) is 9.84. The molecular formula is C24H21BrClFN2O3. The van der Waals surface area contributed by atoms with Gasteiger partial charge in [-0.2, -0.15) is 5.10 Å². The predicted octanol–water partition coefficient (Wildman–Crippen LogP) is 5.91. The van der Waals surface area contributed by atoms with Crippen molar-refractivity contribution < 1.29 is 18.7 Å². The molecule has 3 aromatic rings. The molecular weight excluding hydrogens is 499 g/mol. The van der Waals surface area contributed by atoms with Crippen molar-refractivity contribution in [2.24, 2.45) is 5.10 Å². The lowest BCUT2D eigenvalue weighted by Crippen LogP contribution is -2.19. The van der Waals surface area contributed by atoms with Crippen LogP contribution in [-0.4, -0.2) is 18.7 Å². The molecule has 3 rings (SSSR count). The summed E-state index contributed by atoms with van der Waals surface area (Å²) < 4.78 is 25.3. The number of nitrogens with zero attached hydrogens (tertiary/aromatic N) is 1. The van der Waals surface area contributed by atoms with Gasteiger partial charge in [0.05, 0.1) is 23.7 Å². The van der Waals surface area contributed by atoms with E-state index in [0.29, 0.717) is 45.3 Å². The average molecular weight is 520 g/mol. The third-order valence-electron chi connectivity index (χ3n) is 4.31. The number of carbonyl (C=O) groups excluding carboxylic acids is 1. The number of nitrogens with one attached hydrogen (secondary N) is 1. The van der Waals surface area contributed by atoms with Crippen LogP contribution in [-0.2, 0) is 17.8 Å². The second-order valence-electron chi connectivity index (χ2n) is 6.77. The Morgan fingerprint density at radius 3 is 2.47 bits per heavy atom. The maximum absolute atomic E-state index is 13.0. The Balaban J connectivity index is 1.65. The fourth-order valence-corrected chi connectivity index (χ4v) is 3.51. The maximum atomic E-state index is 13.0. The van der Waals surface area contributed by atoms with Gasteiger partial charge in [-0.3, -0.25) is 4.79 Å². The minimum absolute atomic E-state index is 0.100. The monoisotopic (exact) mass is 518 g/mol. The highest BCUT2D eigenvalue weighted by Crippen LogP contribution is 2.37. The van der Waals surface area contributed by atoms with Crippen molar-refractivity contribution in [3.05, 3.63) is 92.7 Å². The molecule has 1 N–H and O–H groups in total. The summed E-state index contributed by atoms with van der Waals surface area (Å²) in [6.07, 6.45) is 1.61. The van der Waals surface area contributed by atoms with Gasteiger partial charge in [0.25, 0.3) is 0 Å². The molecule has 0 aromatic heterocycles. The lowest BCUT2D eigenvalue weighted by Gasteiger charge is -2.14. The third-order valence-corrected chi connectivity index (χ3v) is 5.15. The first-order valence-corrected chi connectivity index (χ1v) is 11.0. The molecule has 0 saturated carbocycles. The van der Waals surface area contributed by atoms with Gasteiger partial charge >= 0.3 is 0 Å². The number of carbonyl (C=O) groups is 1. The van der Waals surface area contributed by atoms with E-state index in [-0.39, 0.29) is 18.1 Å². The number of hydrogen-bond donors (Lipinski definition) is 1. The topological polar surface area (TPSA) is 59.9 Å². The molecule has 0 aliphatic rings. The van der Waals surface area contributed by atoms with E-state index >= 15 is 0 Å². The fraction of sp³-hybridized carbons (Fsp3) is 0.167. The third kappa shape index (κ3) is 7.07. The Labute approximate surface area is 199 Å². The first-order chi connectivity index (χ1) is 15.4. The molecule has 8 heteroatoms. The second kappa shape index (κ2) is 11.6. The molecule has 0 spiro atoms. The van der Waals surface area contributed by atoms with E-state index < -0.39 is 0 Å². The van der Waals surface area contributed by atoms with Gasteiger partial charge in [0.1, 0.15) is 12.4 Å². The van der Waals surface area contributed by atoms with E-state index in [4.69, 9.17) is 21.1 Å². The van der Waals surface area contributed by atoms with Crippen molar-refractivity contribution in [1.29, 1.82) is 0 Å². The number of benzene rings is 3. The molecule has 5 nitrogen and oxygen atoms in total. The van der Waals surface area contributed by atoms with Crippen LogP contribution in [0.5, 0.6) is 11.5 Å². The second-order valence-corrected chi connectivity index (χ2v) is 8.07. The van der Waals surface area contributed by atoms with E-state index in [0.717, 1.165) is 5.56 Å². The highest BCUT2D eigenvalue weighted by atomic mass is 79.9. The molecule has 0 fully saturated rings. The molecule has 0 saturated heterocycles. The highest BCUT2D eigenvalue weighted by molar-refractivity contribution is 9.10. The largest absolute Gasteiger partial charge is 0.490 e. The molecule has 0 bridgehead atoms. The van der Waals surface area contributed by atoms with Gasteiger partial charge in [-0.25, -0.2) is 9.82 Å². The molecule has 32 heavy (non-hydrogen) atoms. The van der Waals surface area contributed by atoms with Crippen LogP contribution in [0.4, 0.5) is 4.39 Å². The number of amides is 1. The standard InChI is InChI=1S/C24H21BrClFN2O3/c1-2-31-22-12-18(14-28-29-23(30)13-16-5-9-20(27)10-6-16)11-21(25)24(22)32-15-17-3-7-19(26)8-4-17/h3-12,14H,2,13,15H2,1H3,(H,29,30)/b28-14+. The summed E-state index contributed by atoms with van der Waals surface area (Å²) in [6.45, 7) is 2.69. The summed E-state index contributed by atoms with van der Waals surface area (Å²) in [5.41, 5.74) is 4.85. The van der Waals surface area contributed by atoms with Crippen LogP contribution in [0.1, 0.15) is 23.6 Å². The van der Waals surface area contributed by atoms with E-state index in [1.54, 1.807) is 18.2 Å². The molecule has 0 aliphatic carbocycles. The Hall–Kier alpha value is -2.90. The van der Waals surface area contributed by atoms with E-state index in [1.165, 1.54) is 18.3 Å². The Morgan fingerprint density at radius 2 is 1.78 bits per heavy atom. The van der Waals surface area contributed by atoms with Crippen LogP contribution >= 0.6 is 27.5 Å². The molecule has 0 unspecified atom stereocenters. The Morgan fingerprint density at radius 1 is 1.09 bits per heavy atom. The van der Waals surface area contributed by atoms with Crippen LogP contribution in [0.2, 0.25) is 5.02 Å². The van der Waals surface area contributed by atoms with E-state index in [1.807, 2.05) is 37.3 Å². The van der Waals surface area contributed by atoms with Crippen molar-refractivity contribution in [3.63, 3.8) is 0 Å². The van der Waals surface area contributed by atoms with Crippen LogP contribution < -0.4 is 14.9 Å². The summed E-state index contributed by atoms with van der Waals surface area (Å²) in [5, 5.41) is 4.67. The fourth-order valence-electron chi connectivity index (χ4n) is 2.81. The lowest BCUT2D eigenvalue weighted by molar-refractivity contribution is -0.120. The SMILES string of the molecule is CCOc1cc(/C=N/NC(=O)Cc2ccc(F)cc2)cc(Br)c1OCc1ccc(Cl)cc1. The molecule has 0 aliphatic heterocycles. The van der Waals surface area contributed by atoms with Gasteiger partial charge in [-0.15, -0.1) is 0 Å². The molecule has 0 atom stereocenters. The maximum Gasteiger partial charge on any atom is 0.244 e. The summed E-state index contributed by atoms with van der Waals surface area (Å²) >= 11 is 9.44. The van der Waals surface area contributed by atoms with Crippen LogP contribution in [0, 0.1) is 5.82 Å². The van der Waals surface area contributed by atoms with E-state index in [2.05, 4.69) is 26.5 Å². The Bertz CT molecular complexity index is 1090. The molecule has 166 valence electrons. The number of hydrazone groups is 1. The van der Waals surface area contributed by atoms with Gasteiger partial charge < -0.3 is 9.47 Å². The highest BCUT2D eigenvalue weighted by Gasteiger charge is 2.12. The van der Waals surface area contributed by atoms with Crippen molar-refractivity contribution in [3.8, 4) is 11.5 Å². The van der Waals surface area contributed by atoms with Crippen LogP contribution in [0.3, 0.4) is 0 Å². The van der Waals surface area contributed by atoms with E-state index in [9.17, 15) is 9.18 Å². The number of rotatable bonds is 9. The zero-order valence-electron chi connectivity index (χ0n) is 17.3. The van der Waals surface area contributed by atoms with Crippen LogP contribution in [0.25, 0.3) is 0 Å². The van der Waals surface area contributed by atoms with Gasteiger partial charge in [-0.05, 0) is 75.9 Å². The van der Waals surface area contributed by atoms with Crippen LogP contribution in [0.15, 0.2) is 70.2 Å². The molecule has 1 amide bonds. The number of halogens is 3. The first kappa shape index (κ1) is 23.8. The molecule has 0 radical (unpaired) electrons. The summed E-state index contributed by atoms with van der Waals surface area (Å²) in [5.74, 6) is 0.470. The summed E-state index contributed by atoms with van der Waals surface area (Å²) in [7, 11) is 0. The zero-order valence-corrected chi connectivity index (χ0v) is 19.6. The molecule has 3 aromatic carbocycles. The summed E-state index contributed by atoms with van der Waals surface area (Å²) in [6, 6.07) is 16.8. The van der Waals surface area contributed by atoms with Gasteiger partial charge in [0.15, 0.2) is 11.5 Å². The van der Waals surface area contributed by atoms with Crippen molar-refractivity contribution in [2.75, 3.05) is 6.61 Å². The summed E-state index contributed by atoms with van der Waals surface area (Å²) in [4.78, 5) is 12.0. The van der Waals surface area contributed by atoms with Gasteiger partial charge in [0.2, 0.25) is 5.91 Å². The lowest BCUT2D eigenvalue weighted by atomic mass is 10.1. The van der Waals surface area contributed by atoms with Crippen molar-refractivity contribution in [1.82, 2.24) is 5.43 Å². The van der Waals surface area contributed by atoms with Crippen molar-refractivity contribution in [2.45, 2.75) is 20.0 Å². The average Bonchev–Trinajstić information content (AvgIpc) is 2.76. The van der Waals surface area contributed by atoms with Gasteiger partial charge in [-0.1, -0.05) is 35.9 Å². The quantitative estimate of drug-likeness (QED) is 0.282. The minimum atomic E-state index is -0.344. The Kier molecular flexibility index (Phi) is 8.64. The predicted molar refractivity (Wildman–Crippen MR) is 127 cm³/mol. The van der Waals surface area contributed by atoms with Crippen molar-refractivity contribution >= 4 is 39.7 Å². The normalized spacial score (nSPS) is 10.9. The smallest absolute Gasteiger partial charge is 0.244 e. The zero-order chi connectivity index (χ0) is 22.9. The number of hydrogen-bond acceptors (Lipinski definition) is 4. The number of ether oxygens (including phenoxy) is 2. The molecule has 0 heterocycles.